The van der Waals surface area contributed by atoms with Crippen LogP contribution in [0.15, 0.2) is 47.8 Å². The van der Waals surface area contributed by atoms with E-state index in [1.54, 1.807) is 17.5 Å². The Morgan fingerprint density at radius 2 is 1.96 bits per heavy atom. The van der Waals surface area contributed by atoms with Crippen molar-refractivity contribution in [1.82, 2.24) is 4.98 Å². The number of carbonyl (C=O) groups excluding carboxylic acids is 1. The third kappa shape index (κ3) is 4.71. The number of thiazole rings is 1. The molecule has 0 aliphatic rings. The standard InChI is InChI=1S/C19H14F4N2OS/c1-11-5-6-14(8-16(11)19(21,22)23)24-17(26)9-15-10-27-18(25-15)12-3-2-4-13(20)7-12/h2-8,10H,9H2,1H3,(H,24,26). The molecule has 8 heteroatoms. The van der Waals surface area contributed by atoms with Crippen molar-refractivity contribution >= 4 is 22.9 Å². The topological polar surface area (TPSA) is 42.0 Å². The quantitative estimate of drug-likeness (QED) is 0.597. The number of rotatable bonds is 4. The number of carbonyl (C=O) groups is 1. The van der Waals surface area contributed by atoms with Crippen LogP contribution in [0.1, 0.15) is 16.8 Å². The summed E-state index contributed by atoms with van der Waals surface area (Å²) in [5.41, 5.74) is 0.417. The predicted molar refractivity (Wildman–Crippen MR) is 96.0 cm³/mol. The second-order valence-corrected chi connectivity index (χ2v) is 6.76. The highest BCUT2D eigenvalue weighted by Crippen LogP contribution is 2.33. The van der Waals surface area contributed by atoms with Crippen molar-refractivity contribution in [1.29, 1.82) is 0 Å². The number of aryl methyl sites for hydroxylation is 1. The second kappa shape index (κ2) is 7.48. The molecule has 3 rings (SSSR count). The maximum atomic E-state index is 13.3. The zero-order chi connectivity index (χ0) is 19.6. The molecule has 0 saturated carbocycles. The molecule has 2 aromatic carbocycles. The van der Waals surface area contributed by atoms with Gasteiger partial charge in [0.05, 0.1) is 17.7 Å². The highest BCUT2D eigenvalue weighted by atomic mass is 32.1. The van der Waals surface area contributed by atoms with E-state index in [-0.39, 0.29) is 23.5 Å². The average Bonchev–Trinajstić information content (AvgIpc) is 3.04. The molecule has 1 aromatic heterocycles. The molecule has 0 aliphatic heterocycles. The number of alkyl halides is 3. The molecule has 140 valence electrons. The van der Waals surface area contributed by atoms with Crippen molar-refractivity contribution in [2.24, 2.45) is 0 Å². The lowest BCUT2D eigenvalue weighted by molar-refractivity contribution is -0.138. The van der Waals surface area contributed by atoms with Gasteiger partial charge in [-0.05, 0) is 36.8 Å². The van der Waals surface area contributed by atoms with E-state index in [2.05, 4.69) is 10.3 Å². The number of amides is 1. The van der Waals surface area contributed by atoms with Gasteiger partial charge in [0.1, 0.15) is 10.8 Å². The van der Waals surface area contributed by atoms with Crippen LogP contribution in [0, 0.1) is 12.7 Å². The molecule has 1 N–H and O–H groups in total. The first-order chi connectivity index (χ1) is 12.7. The zero-order valence-corrected chi connectivity index (χ0v) is 14.9. The van der Waals surface area contributed by atoms with Gasteiger partial charge in [0.2, 0.25) is 5.91 Å². The summed E-state index contributed by atoms with van der Waals surface area (Å²) in [7, 11) is 0. The highest BCUT2D eigenvalue weighted by Gasteiger charge is 2.32. The summed E-state index contributed by atoms with van der Waals surface area (Å²) in [6.07, 6.45) is -4.58. The number of aromatic nitrogens is 1. The molecule has 0 fully saturated rings. The molecular formula is C19H14F4N2OS. The van der Waals surface area contributed by atoms with Crippen LogP contribution < -0.4 is 5.32 Å². The van der Waals surface area contributed by atoms with Crippen molar-refractivity contribution in [2.45, 2.75) is 19.5 Å². The van der Waals surface area contributed by atoms with E-state index >= 15 is 0 Å². The Morgan fingerprint density at radius 3 is 2.67 bits per heavy atom. The molecule has 0 aliphatic carbocycles. The summed E-state index contributed by atoms with van der Waals surface area (Å²) in [4.78, 5) is 16.4. The van der Waals surface area contributed by atoms with E-state index in [1.165, 1.54) is 42.5 Å². The van der Waals surface area contributed by atoms with Crippen LogP contribution in [-0.4, -0.2) is 10.9 Å². The van der Waals surface area contributed by atoms with Crippen molar-refractivity contribution in [3.63, 3.8) is 0 Å². The van der Waals surface area contributed by atoms with Crippen molar-refractivity contribution in [2.75, 3.05) is 5.32 Å². The van der Waals surface area contributed by atoms with Crippen molar-refractivity contribution < 1.29 is 22.4 Å². The van der Waals surface area contributed by atoms with E-state index in [9.17, 15) is 22.4 Å². The summed E-state index contributed by atoms with van der Waals surface area (Å²) in [6.45, 7) is 1.36. The number of hydrogen-bond acceptors (Lipinski definition) is 3. The van der Waals surface area contributed by atoms with Crippen LogP contribution in [0.4, 0.5) is 23.2 Å². The molecule has 0 spiro atoms. The Labute approximate surface area is 156 Å². The lowest BCUT2D eigenvalue weighted by Crippen LogP contribution is -2.16. The molecule has 0 radical (unpaired) electrons. The fourth-order valence-electron chi connectivity index (χ4n) is 2.52. The van der Waals surface area contributed by atoms with Crippen LogP contribution in [0.3, 0.4) is 0 Å². The molecule has 1 heterocycles. The van der Waals surface area contributed by atoms with E-state index in [0.717, 1.165) is 6.07 Å². The first kappa shape index (κ1) is 19.0. The smallest absolute Gasteiger partial charge is 0.326 e. The van der Waals surface area contributed by atoms with Crippen molar-refractivity contribution in [3.8, 4) is 10.6 Å². The Balaban J connectivity index is 1.70. The van der Waals surface area contributed by atoms with Crippen LogP contribution in [-0.2, 0) is 17.4 Å². The van der Waals surface area contributed by atoms with Gasteiger partial charge >= 0.3 is 6.18 Å². The monoisotopic (exact) mass is 394 g/mol. The van der Waals surface area contributed by atoms with Crippen LogP contribution >= 0.6 is 11.3 Å². The molecule has 0 atom stereocenters. The lowest BCUT2D eigenvalue weighted by atomic mass is 10.1. The van der Waals surface area contributed by atoms with Gasteiger partial charge in [-0.2, -0.15) is 13.2 Å². The molecule has 3 nitrogen and oxygen atoms in total. The average molecular weight is 394 g/mol. The van der Waals surface area contributed by atoms with E-state index in [0.29, 0.717) is 16.3 Å². The van der Waals surface area contributed by atoms with Gasteiger partial charge in [0.25, 0.3) is 0 Å². The first-order valence-corrected chi connectivity index (χ1v) is 8.78. The Hall–Kier alpha value is -2.74. The summed E-state index contributed by atoms with van der Waals surface area (Å²) in [6, 6.07) is 9.57. The Morgan fingerprint density at radius 1 is 1.19 bits per heavy atom. The second-order valence-electron chi connectivity index (χ2n) is 5.91. The molecule has 3 aromatic rings. The fraction of sp³-hybridized carbons (Fsp3) is 0.158. The fourth-order valence-corrected chi connectivity index (χ4v) is 3.33. The Bertz CT molecular complexity index is 982. The number of nitrogens with zero attached hydrogens (tertiary/aromatic N) is 1. The van der Waals surface area contributed by atoms with Crippen LogP contribution in [0.25, 0.3) is 10.6 Å². The van der Waals surface area contributed by atoms with Gasteiger partial charge in [0.15, 0.2) is 0 Å². The zero-order valence-electron chi connectivity index (χ0n) is 14.1. The summed E-state index contributed by atoms with van der Waals surface area (Å²) >= 11 is 1.26. The third-order valence-electron chi connectivity index (χ3n) is 3.79. The van der Waals surface area contributed by atoms with Gasteiger partial charge in [-0.1, -0.05) is 18.2 Å². The van der Waals surface area contributed by atoms with Gasteiger partial charge < -0.3 is 5.32 Å². The highest BCUT2D eigenvalue weighted by molar-refractivity contribution is 7.13. The summed E-state index contributed by atoms with van der Waals surface area (Å²) in [5, 5.41) is 4.68. The summed E-state index contributed by atoms with van der Waals surface area (Å²) in [5.74, 6) is -0.870. The van der Waals surface area contributed by atoms with Crippen molar-refractivity contribution in [3.05, 3.63) is 70.5 Å². The minimum absolute atomic E-state index is 0.0681. The number of anilines is 1. The largest absolute Gasteiger partial charge is 0.416 e. The number of benzene rings is 2. The molecule has 0 saturated heterocycles. The van der Waals surface area contributed by atoms with Gasteiger partial charge in [-0.25, -0.2) is 9.37 Å². The van der Waals surface area contributed by atoms with Crippen LogP contribution in [0.2, 0.25) is 0 Å². The van der Waals surface area contributed by atoms with Gasteiger partial charge in [-0.3, -0.25) is 4.79 Å². The van der Waals surface area contributed by atoms with E-state index in [4.69, 9.17) is 0 Å². The maximum absolute atomic E-state index is 13.3. The minimum Gasteiger partial charge on any atom is -0.326 e. The van der Waals surface area contributed by atoms with Crippen LogP contribution in [0.5, 0.6) is 0 Å². The first-order valence-electron chi connectivity index (χ1n) is 7.90. The molecule has 27 heavy (non-hydrogen) atoms. The normalized spacial score (nSPS) is 11.4. The Kier molecular flexibility index (Phi) is 5.27. The molecular weight excluding hydrogens is 380 g/mol. The molecule has 0 unspecified atom stereocenters. The minimum atomic E-state index is -4.49. The molecule has 0 bridgehead atoms. The maximum Gasteiger partial charge on any atom is 0.416 e. The number of hydrogen-bond donors (Lipinski definition) is 1. The van der Waals surface area contributed by atoms with Gasteiger partial charge in [-0.15, -0.1) is 11.3 Å². The van der Waals surface area contributed by atoms with E-state index in [1.807, 2.05) is 0 Å². The summed E-state index contributed by atoms with van der Waals surface area (Å²) < 4.78 is 52.2. The number of halogens is 4. The lowest BCUT2D eigenvalue weighted by Gasteiger charge is -2.12. The molecule has 1 amide bonds. The predicted octanol–water partition coefficient (Wildman–Crippen LogP) is 5.46. The van der Waals surface area contributed by atoms with Gasteiger partial charge in [0, 0.05) is 16.6 Å². The third-order valence-corrected chi connectivity index (χ3v) is 4.73. The SMILES string of the molecule is Cc1ccc(NC(=O)Cc2csc(-c3cccc(F)c3)n2)cc1C(F)(F)F. The van der Waals surface area contributed by atoms with E-state index < -0.39 is 17.6 Å². The number of nitrogens with one attached hydrogen (secondary N) is 1.